The van der Waals surface area contributed by atoms with E-state index in [0.717, 1.165) is 38.5 Å². The molecule has 0 saturated heterocycles. The summed E-state index contributed by atoms with van der Waals surface area (Å²) in [5.41, 5.74) is 0. The van der Waals surface area contributed by atoms with Gasteiger partial charge in [0.25, 0.3) is 0 Å². The third kappa shape index (κ3) is 2.32. The number of hydrogen-bond acceptors (Lipinski definition) is 2. The molecule has 0 N–H and O–H groups in total. The first kappa shape index (κ1) is 11.7. The van der Waals surface area contributed by atoms with Gasteiger partial charge in [0.15, 0.2) is 0 Å². The highest BCUT2D eigenvalue weighted by Crippen LogP contribution is 2.35. The first-order chi connectivity index (χ1) is 7.03. The summed E-state index contributed by atoms with van der Waals surface area (Å²) in [6, 6.07) is 0.0195. The van der Waals surface area contributed by atoms with Gasteiger partial charge in [0, 0.05) is 13.1 Å². The van der Waals surface area contributed by atoms with Crippen LogP contribution in [0.4, 0.5) is 0 Å². The molecule has 0 spiro atoms. The second-order valence-electron chi connectivity index (χ2n) is 4.63. The van der Waals surface area contributed by atoms with Crippen LogP contribution < -0.4 is 0 Å². The third-order valence-corrected chi connectivity index (χ3v) is 6.36. The van der Waals surface area contributed by atoms with E-state index >= 15 is 0 Å². The Kier molecular flexibility index (Phi) is 3.29. The quantitative estimate of drug-likeness (QED) is 0.719. The van der Waals surface area contributed by atoms with Crippen molar-refractivity contribution in [3.8, 4) is 0 Å². The van der Waals surface area contributed by atoms with Gasteiger partial charge in [-0.05, 0) is 25.7 Å². The van der Waals surface area contributed by atoms with Crippen molar-refractivity contribution in [2.45, 2.75) is 55.2 Å². The lowest BCUT2D eigenvalue weighted by Crippen LogP contribution is -2.45. The zero-order valence-electron chi connectivity index (χ0n) is 9.02. The van der Waals surface area contributed by atoms with Gasteiger partial charge in [0.1, 0.15) is 0 Å². The van der Waals surface area contributed by atoms with Crippen LogP contribution in [-0.2, 0) is 10.0 Å². The summed E-state index contributed by atoms with van der Waals surface area (Å²) < 4.78 is 25.6. The smallest absolute Gasteiger partial charge is 0.212 e. The minimum Gasteiger partial charge on any atom is -0.212 e. The zero-order chi connectivity index (χ0) is 11.1. The second kappa shape index (κ2) is 4.22. The van der Waals surface area contributed by atoms with Gasteiger partial charge in [-0.3, -0.25) is 0 Å². The van der Waals surface area contributed by atoms with Gasteiger partial charge in [0.05, 0.1) is 10.6 Å². The molecule has 2 aliphatic carbocycles. The fraction of sp³-hybridized carbons (Fsp3) is 1.00. The lowest BCUT2D eigenvalue weighted by Gasteiger charge is -2.34. The summed E-state index contributed by atoms with van der Waals surface area (Å²) in [6.07, 6.45) is 5.73. The molecule has 0 heterocycles. The lowest BCUT2D eigenvalue weighted by molar-refractivity contribution is 0.290. The van der Waals surface area contributed by atoms with Crippen LogP contribution >= 0.6 is 11.6 Å². The first-order valence-corrected chi connectivity index (χ1v) is 7.58. The molecule has 0 aliphatic heterocycles. The number of alkyl halides is 1. The Morgan fingerprint density at radius 2 is 1.73 bits per heavy atom. The topological polar surface area (TPSA) is 37.4 Å². The SMILES string of the molecule is CN(C1CCCCC1Cl)S(=O)(=O)C1CC1. The third-order valence-electron chi connectivity index (χ3n) is 3.46. The van der Waals surface area contributed by atoms with E-state index in [4.69, 9.17) is 11.6 Å². The monoisotopic (exact) mass is 251 g/mol. The normalized spacial score (nSPS) is 33.3. The van der Waals surface area contributed by atoms with E-state index < -0.39 is 10.0 Å². The van der Waals surface area contributed by atoms with Crippen molar-refractivity contribution in [2.75, 3.05) is 7.05 Å². The van der Waals surface area contributed by atoms with Gasteiger partial charge < -0.3 is 0 Å². The van der Waals surface area contributed by atoms with Crippen LogP contribution in [-0.4, -0.2) is 36.4 Å². The molecule has 2 atom stereocenters. The Balaban J connectivity index is 2.08. The molecule has 0 aromatic rings. The van der Waals surface area contributed by atoms with E-state index in [-0.39, 0.29) is 16.7 Å². The molecule has 0 amide bonds. The molecule has 3 nitrogen and oxygen atoms in total. The summed E-state index contributed by atoms with van der Waals surface area (Å²) in [4.78, 5) is 0. The summed E-state index contributed by atoms with van der Waals surface area (Å²) in [5.74, 6) is 0. The predicted molar refractivity (Wildman–Crippen MR) is 61.6 cm³/mol. The average molecular weight is 252 g/mol. The summed E-state index contributed by atoms with van der Waals surface area (Å²) in [5, 5.41) is -0.120. The van der Waals surface area contributed by atoms with Crippen molar-refractivity contribution in [3.63, 3.8) is 0 Å². The minimum atomic E-state index is -3.05. The van der Waals surface area contributed by atoms with Crippen molar-refractivity contribution in [1.29, 1.82) is 0 Å². The molecule has 2 aliphatic rings. The molecule has 2 fully saturated rings. The van der Waals surface area contributed by atoms with Crippen LogP contribution in [0.15, 0.2) is 0 Å². The average Bonchev–Trinajstić information content (AvgIpc) is 3.00. The number of hydrogen-bond donors (Lipinski definition) is 0. The van der Waals surface area contributed by atoms with E-state index in [1.165, 1.54) is 0 Å². The maximum absolute atomic E-state index is 12.0. The molecule has 0 radical (unpaired) electrons. The molecule has 2 saturated carbocycles. The molecule has 2 unspecified atom stereocenters. The first-order valence-electron chi connectivity index (χ1n) is 5.64. The second-order valence-corrected chi connectivity index (χ2v) is 7.46. The van der Waals surface area contributed by atoms with E-state index in [1.807, 2.05) is 0 Å². The predicted octanol–water partition coefficient (Wildman–Crippen LogP) is 1.96. The molecule has 15 heavy (non-hydrogen) atoms. The summed E-state index contributed by atoms with van der Waals surface area (Å²) in [6.45, 7) is 0. The maximum Gasteiger partial charge on any atom is 0.217 e. The summed E-state index contributed by atoms with van der Waals surface area (Å²) >= 11 is 6.20. The van der Waals surface area contributed by atoms with Gasteiger partial charge in [-0.15, -0.1) is 11.6 Å². The molecule has 5 heteroatoms. The highest BCUT2D eigenvalue weighted by Gasteiger charge is 2.42. The molecule has 88 valence electrons. The van der Waals surface area contributed by atoms with Crippen LogP contribution in [0.1, 0.15) is 38.5 Å². The standard InChI is InChI=1S/C10H18ClNO2S/c1-12(15(13,14)8-6-7-8)10-5-3-2-4-9(10)11/h8-10H,2-7H2,1H3. The summed E-state index contributed by atoms with van der Waals surface area (Å²) in [7, 11) is -1.36. The van der Waals surface area contributed by atoms with Gasteiger partial charge >= 0.3 is 0 Å². The number of nitrogens with zero attached hydrogens (tertiary/aromatic N) is 1. The Morgan fingerprint density at radius 1 is 1.13 bits per heavy atom. The largest absolute Gasteiger partial charge is 0.217 e. The van der Waals surface area contributed by atoms with E-state index in [9.17, 15) is 8.42 Å². The highest BCUT2D eigenvalue weighted by molar-refractivity contribution is 7.90. The van der Waals surface area contributed by atoms with Crippen LogP contribution in [0.2, 0.25) is 0 Å². The van der Waals surface area contributed by atoms with Crippen LogP contribution in [0, 0.1) is 0 Å². The van der Waals surface area contributed by atoms with E-state index in [1.54, 1.807) is 11.4 Å². The molecule has 0 aromatic heterocycles. The Labute approximate surface area is 96.8 Å². The fourth-order valence-corrected chi connectivity index (χ4v) is 4.61. The van der Waals surface area contributed by atoms with Crippen LogP contribution in [0.3, 0.4) is 0 Å². The number of sulfonamides is 1. The lowest BCUT2D eigenvalue weighted by atomic mass is 9.95. The zero-order valence-corrected chi connectivity index (χ0v) is 10.6. The Bertz CT molecular complexity index is 326. The molecular formula is C10H18ClNO2S. The van der Waals surface area contributed by atoms with Crippen molar-refractivity contribution >= 4 is 21.6 Å². The van der Waals surface area contributed by atoms with Crippen LogP contribution in [0.5, 0.6) is 0 Å². The molecule has 2 rings (SSSR count). The van der Waals surface area contributed by atoms with E-state index in [0.29, 0.717) is 0 Å². The van der Waals surface area contributed by atoms with Gasteiger partial charge in [0.2, 0.25) is 10.0 Å². The van der Waals surface area contributed by atoms with Crippen molar-refractivity contribution in [1.82, 2.24) is 4.31 Å². The molecule has 0 aromatic carbocycles. The van der Waals surface area contributed by atoms with Crippen LogP contribution in [0.25, 0.3) is 0 Å². The Morgan fingerprint density at radius 3 is 2.27 bits per heavy atom. The van der Waals surface area contributed by atoms with Gasteiger partial charge in [-0.25, -0.2) is 12.7 Å². The molecular weight excluding hydrogens is 234 g/mol. The van der Waals surface area contributed by atoms with Gasteiger partial charge in [-0.1, -0.05) is 12.8 Å². The highest BCUT2D eigenvalue weighted by atomic mass is 35.5. The van der Waals surface area contributed by atoms with Crippen molar-refractivity contribution in [2.24, 2.45) is 0 Å². The number of halogens is 1. The fourth-order valence-electron chi connectivity index (χ4n) is 2.27. The van der Waals surface area contributed by atoms with Gasteiger partial charge in [-0.2, -0.15) is 0 Å². The molecule has 0 bridgehead atoms. The van der Waals surface area contributed by atoms with E-state index in [2.05, 4.69) is 0 Å². The van der Waals surface area contributed by atoms with Crippen molar-refractivity contribution in [3.05, 3.63) is 0 Å². The number of rotatable bonds is 3. The Hall–Kier alpha value is 0.200. The maximum atomic E-state index is 12.0. The van der Waals surface area contributed by atoms with Crippen molar-refractivity contribution < 1.29 is 8.42 Å². The minimum absolute atomic E-state index is 0.00252.